The van der Waals surface area contributed by atoms with Crippen LogP contribution in [0.25, 0.3) is 0 Å². The van der Waals surface area contributed by atoms with E-state index in [1.54, 1.807) is 6.92 Å². The van der Waals surface area contributed by atoms with Gasteiger partial charge in [0.2, 0.25) is 0 Å². The van der Waals surface area contributed by atoms with Crippen LogP contribution < -0.4 is 0 Å². The van der Waals surface area contributed by atoms with Crippen LogP contribution in [0.15, 0.2) is 0 Å². The van der Waals surface area contributed by atoms with E-state index in [1.165, 1.54) is 0 Å². The maximum atomic E-state index is 9.24. The second-order valence-electron chi connectivity index (χ2n) is 2.79. The molecule has 0 aromatic carbocycles. The molecule has 5 atom stereocenters. The maximum absolute atomic E-state index is 9.24. The summed E-state index contributed by atoms with van der Waals surface area (Å²) in [4.78, 5) is 0. The summed E-state index contributed by atoms with van der Waals surface area (Å²) < 4.78 is 9.88. The van der Waals surface area contributed by atoms with Crippen molar-refractivity contribution in [1.29, 1.82) is 0 Å². The average molecular weight is 146 g/mol. The summed E-state index contributed by atoms with van der Waals surface area (Å²) in [7, 11) is 0. The number of rotatable bonds is 0. The minimum absolute atomic E-state index is 0.196. The molecule has 0 aliphatic carbocycles. The molecule has 0 saturated carbocycles. The third-order valence-electron chi connectivity index (χ3n) is 2.01. The highest BCUT2D eigenvalue weighted by Crippen LogP contribution is 2.35. The molecular formula is C6H10O4. The molecule has 4 heteroatoms. The number of hydrogen-bond acceptors (Lipinski definition) is 4. The number of epoxide rings is 1. The van der Waals surface area contributed by atoms with Crippen molar-refractivity contribution in [3.8, 4) is 0 Å². The van der Waals surface area contributed by atoms with E-state index < -0.39 is 12.4 Å². The minimum Gasteiger partial charge on any atom is -0.388 e. The van der Waals surface area contributed by atoms with Crippen LogP contribution >= 0.6 is 0 Å². The molecule has 2 aliphatic rings. The molecule has 10 heavy (non-hydrogen) atoms. The van der Waals surface area contributed by atoms with Gasteiger partial charge in [-0.1, -0.05) is 0 Å². The molecular weight excluding hydrogens is 136 g/mol. The quantitative estimate of drug-likeness (QED) is 0.424. The lowest BCUT2D eigenvalue weighted by Crippen LogP contribution is -2.43. The highest BCUT2D eigenvalue weighted by molar-refractivity contribution is 4.98. The topological polar surface area (TPSA) is 62.2 Å². The van der Waals surface area contributed by atoms with Crippen LogP contribution in [-0.4, -0.2) is 40.9 Å². The zero-order valence-corrected chi connectivity index (χ0v) is 5.60. The SMILES string of the molecule is C[C@H]1O[C@H](O)[C@H]2O[C@@H]2[C@H]1O. The summed E-state index contributed by atoms with van der Waals surface area (Å²) in [5.41, 5.74) is 0. The number of hydrogen-bond donors (Lipinski definition) is 2. The highest BCUT2D eigenvalue weighted by atomic mass is 16.7. The van der Waals surface area contributed by atoms with E-state index in [2.05, 4.69) is 0 Å². The van der Waals surface area contributed by atoms with Gasteiger partial charge in [-0.2, -0.15) is 0 Å². The van der Waals surface area contributed by atoms with E-state index in [4.69, 9.17) is 14.6 Å². The predicted octanol–water partition coefficient (Wildman–Crippen LogP) is -1.15. The van der Waals surface area contributed by atoms with Crippen LogP contribution in [-0.2, 0) is 9.47 Å². The first kappa shape index (κ1) is 6.54. The molecule has 2 fully saturated rings. The average Bonchev–Trinajstić information content (AvgIpc) is 2.61. The van der Waals surface area contributed by atoms with E-state index in [1.807, 2.05) is 0 Å². The Labute approximate surface area is 58.4 Å². The van der Waals surface area contributed by atoms with Gasteiger partial charge in [0.1, 0.15) is 18.3 Å². The molecule has 0 unspecified atom stereocenters. The van der Waals surface area contributed by atoms with Crippen molar-refractivity contribution >= 4 is 0 Å². The van der Waals surface area contributed by atoms with Crippen LogP contribution in [0.4, 0.5) is 0 Å². The molecule has 58 valence electrons. The van der Waals surface area contributed by atoms with E-state index in [0.717, 1.165) is 0 Å². The summed E-state index contributed by atoms with van der Waals surface area (Å²) in [5.74, 6) is 0. The first-order valence-corrected chi connectivity index (χ1v) is 3.37. The Morgan fingerprint density at radius 2 is 1.80 bits per heavy atom. The van der Waals surface area contributed by atoms with Gasteiger partial charge in [-0.05, 0) is 6.92 Å². The first-order chi connectivity index (χ1) is 4.70. The summed E-state index contributed by atoms with van der Waals surface area (Å²) in [6, 6.07) is 0. The summed E-state index contributed by atoms with van der Waals surface area (Å²) in [6.45, 7) is 1.71. The van der Waals surface area contributed by atoms with E-state index in [9.17, 15) is 5.11 Å². The first-order valence-electron chi connectivity index (χ1n) is 3.37. The highest BCUT2D eigenvalue weighted by Gasteiger charge is 2.55. The molecule has 2 saturated heterocycles. The molecule has 0 amide bonds. The van der Waals surface area contributed by atoms with Gasteiger partial charge in [-0.25, -0.2) is 0 Å². The van der Waals surface area contributed by atoms with Gasteiger partial charge >= 0.3 is 0 Å². The largest absolute Gasteiger partial charge is 0.388 e. The molecule has 0 bridgehead atoms. The monoisotopic (exact) mass is 146 g/mol. The Balaban J connectivity index is 2.05. The van der Waals surface area contributed by atoms with Gasteiger partial charge in [-0.15, -0.1) is 0 Å². The Morgan fingerprint density at radius 3 is 2.50 bits per heavy atom. The maximum Gasteiger partial charge on any atom is 0.184 e. The smallest absolute Gasteiger partial charge is 0.184 e. The van der Waals surface area contributed by atoms with Crippen LogP contribution in [0.2, 0.25) is 0 Å². The Bertz CT molecular complexity index is 147. The lowest BCUT2D eigenvalue weighted by atomic mass is 10.1. The minimum atomic E-state index is -0.844. The zero-order chi connectivity index (χ0) is 7.30. The number of aliphatic hydroxyl groups is 2. The molecule has 2 aliphatic heterocycles. The fourth-order valence-electron chi connectivity index (χ4n) is 1.29. The normalized spacial score (nSPS) is 59.7. The third-order valence-corrected chi connectivity index (χ3v) is 2.01. The molecule has 4 nitrogen and oxygen atoms in total. The van der Waals surface area contributed by atoms with Crippen molar-refractivity contribution in [2.45, 2.75) is 37.6 Å². The van der Waals surface area contributed by atoms with Gasteiger partial charge in [0.25, 0.3) is 0 Å². The van der Waals surface area contributed by atoms with Crippen molar-refractivity contribution in [3.05, 3.63) is 0 Å². The molecule has 2 rings (SSSR count). The van der Waals surface area contributed by atoms with Crippen molar-refractivity contribution in [2.24, 2.45) is 0 Å². The molecule has 2 heterocycles. The van der Waals surface area contributed by atoms with Crippen molar-refractivity contribution in [2.75, 3.05) is 0 Å². The van der Waals surface area contributed by atoms with Crippen molar-refractivity contribution in [1.82, 2.24) is 0 Å². The fourth-order valence-corrected chi connectivity index (χ4v) is 1.29. The van der Waals surface area contributed by atoms with Gasteiger partial charge in [0, 0.05) is 0 Å². The van der Waals surface area contributed by atoms with E-state index in [-0.39, 0.29) is 18.3 Å². The van der Waals surface area contributed by atoms with Crippen molar-refractivity contribution < 1.29 is 19.7 Å². The summed E-state index contributed by atoms with van der Waals surface area (Å²) >= 11 is 0. The van der Waals surface area contributed by atoms with Gasteiger partial charge in [-0.3, -0.25) is 0 Å². The van der Waals surface area contributed by atoms with E-state index >= 15 is 0 Å². The number of ether oxygens (including phenoxy) is 2. The Hall–Kier alpha value is -0.160. The standard InChI is InChI=1S/C6H10O4/c1-2-3(7)4-5(10-4)6(8)9-2/h2-8H,1H3/t2-,3+,4-,5+,6+/m1/s1. The molecule has 0 aromatic heterocycles. The van der Waals surface area contributed by atoms with Crippen LogP contribution in [0, 0.1) is 0 Å². The third kappa shape index (κ3) is 0.769. The van der Waals surface area contributed by atoms with Gasteiger partial charge in [0.15, 0.2) is 6.29 Å². The van der Waals surface area contributed by atoms with Gasteiger partial charge in [0.05, 0.1) is 6.10 Å². The van der Waals surface area contributed by atoms with E-state index in [0.29, 0.717) is 0 Å². The van der Waals surface area contributed by atoms with Crippen LogP contribution in [0.1, 0.15) is 6.92 Å². The lowest BCUT2D eigenvalue weighted by molar-refractivity contribution is -0.178. The Kier molecular flexibility index (Phi) is 1.25. The van der Waals surface area contributed by atoms with Crippen LogP contribution in [0.5, 0.6) is 0 Å². The molecule has 0 aromatic rings. The predicted molar refractivity (Wildman–Crippen MR) is 31.2 cm³/mol. The van der Waals surface area contributed by atoms with Crippen LogP contribution in [0.3, 0.4) is 0 Å². The number of aliphatic hydroxyl groups excluding tert-OH is 2. The van der Waals surface area contributed by atoms with Gasteiger partial charge < -0.3 is 19.7 Å². The summed E-state index contributed by atoms with van der Waals surface area (Å²) in [6.07, 6.45) is -2.22. The zero-order valence-electron chi connectivity index (χ0n) is 5.60. The molecule has 0 radical (unpaired) electrons. The molecule has 0 spiro atoms. The molecule has 2 N–H and O–H groups in total. The van der Waals surface area contributed by atoms with Crippen molar-refractivity contribution in [3.63, 3.8) is 0 Å². The summed E-state index contributed by atoms with van der Waals surface area (Å²) in [5, 5.41) is 18.3. The number of fused-ring (bicyclic) bond motifs is 1. The second-order valence-corrected chi connectivity index (χ2v) is 2.79. The Morgan fingerprint density at radius 1 is 1.10 bits per heavy atom. The lowest BCUT2D eigenvalue weighted by Gasteiger charge is -2.24. The fraction of sp³-hybridized carbons (Fsp3) is 1.00. The second kappa shape index (κ2) is 1.92.